The number of aliphatic carboxylic acids is 1. The molecule has 4 aromatic rings. The van der Waals surface area contributed by atoms with Gasteiger partial charge in [-0.2, -0.15) is 0 Å². The maximum Gasteiger partial charge on any atom is 0.339 e. The number of benzene rings is 2. The van der Waals surface area contributed by atoms with Gasteiger partial charge in [0, 0.05) is 40.8 Å². The van der Waals surface area contributed by atoms with E-state index in [-0.39, 0.29) is 12.8 Å². The summed E-state index contributed by atoms with van der Waals surface area (Å²) in [5.74, 6) is -0.581. The van der Waals surface area contributed by atoms with Crippen LogP contribution in [0.2, 0.25) is 0 Å². The molecule has 2 aromatic carbocycles. The van der Waals surface area contributed by atoms with Gasteiger partial charge in [-0.3, -0.25) is 4.79 Å². The van der Waals surface area contributed by atoms with Crippen molar-refractivity contribution in [2.24, 2.45) is 0 Å². The Balaban J connectivity index is 1.41. The second-order valence-corrected chi connectivity index (χ2v) is 8.80. The van der Waals surface area contributed by atoms with Gasteiger partial charge in [0.25, 0.3) is 0 Å². The number of hydrogen-bond donors (Lipinski definition) is 2. The largest absolute Gasteiger partial charge is 0.479 e. The lowest BCUT2D eigenvalue weighted by atomic mass is 9.94. The molecule has 2 N–H and O–H groups in total. The number of hydrogen-bond acceptors (Lipinski definition) is 5. The van der Waals surface area contributed by atoms with Crippen molar-refractivity contribution in [3.05, 3.63) is 80.9 Å². The van der Waals surface area contributed by atoms with E-state index < -0.39 is 23.5 Å². The third-order valence-electron chi connectivity index (χ3n) is 6.65. The zero-order valence-corrected chi connectivity index (χ0v) is 18.8. The lowest BCUT2D eigenvalue weighted by Crippen LogP contribution is -2.34. The molecule has 34 heavy (non-hydrogen) atoms. The average Bonchev–Trinajstić information content (AvgIpc) is 3.19. The van der Waals surface area contributed by atoms with Crippen molar-refractivity contribution >= 4 is 33.8 Å². The predicted molar refractivity (Wildman–Crippen MR) is 127 cm³/mol. The van der Waals surface area contributed by atoms with E-state index in [1.807, 2.05) is 13.0 Å². The molecular weight excluding hydrogens is 434 g/mol. The number of aryl methyl sites for hydroxylation is 3. The Morgan fingerprint density at radius 2 is 1.76 bits per heavy atom. The summed E-state index contributed by atoms with van der Waals surface area (Å²) in [5, 5.41) is 14.0. The minimum absolute atomic E-state index is 0.0307. The molecule has 1 aliphatic rings. The van der Waals surface area contributed by atoms with Crippen LogP contribution in [0.1, 0.15) is 53.3 Å². The van der Waals surface area contributed by atoms with Gasteiger partial charge in [-0.25, -0.2) is 9.59 Å². The van der Waals surface area contributed by atoms with Crippen molar-refractivity contribution in [3.8, 4) is 0 Å². The molecule has 0 aliphatic heterocycles. The van der Waals surface area contributed by atoms with Crippen LogP contribution < -0.4 is 10.9 Å². The first-order valence-corrected chi connectivity index (χ1v) is 11.5. The third-order valence-corrected chi connectivity index (χ3v) is 6.65. The molecule has 174 valence electrons. The van der Waals surface area contributed by atoms with Crippen molar-refractivity contribution in [3.63, 3.8) is 0 Å². The van der Waals surface area contributed by atoms with Crippen LogP contribution in [-0.2, 0) is 28.9 Å². The van der Waals surface area contributed by atoms with Crippen LogP contribution in [-0.4, -0.2) is 17.0 Å². The van der Waals surface area contributed by atoms with Gasteiger partial charge in [-0.1, -0.05) is 30.3 Å². The van der Waals surface area contributed by atoms with E-state index in [1.165, 1.54) is 5.56 Å². The Morgan fingerprint density at radius 3 is 2.53 bits per heavy atom. The second kappa shape index (κ2) is 8.82. The summed E-state index contributed by atoms with van der Waals surface area (Å²) in [7, 11) is 0. The number of rotatable bonds is 6. The smallest absolute Gasteiger partial charge is 0.339 e. The molecule has 0 spiro atoms. The van der Waals surface area contributed by atoms with E-state index >= 15 is 0 Å². The van der Waals surface area contributed by atoms with Crippen LogP contribution >= 0.6 is 0 Å². The lowest BCUT2D eigenvalue weighted by Gasteiger charge is -2.15. The average molecular weight is 459 g/mol. The van der Waals surface area contributed by atoms with Gasteiger partial charge in [0.15, 0.2) is 6.04 Å². The molecule has 5 rings (SSSR count). The number of amides is 1. The molecule has 0 unspecified atom stereocenters. The van der Waals surface area contributed by atoms with Gasteiger partial charge in [0.05, 0.1) is 0 Å². The highest BCUT2D eigenvalue weighted by atomic mass is 16.4. The molecular formula is C27H25NO6. The van der Waals surface area contributed by atoms with Gasteiger partial charge in [0.2, 0.25) is 5.91 Å². The Kier molecular flexibility index (Phi) is 5.69. The van der Waals surface area contributed by atoms with Crippen molar-refractivity contribution in [1.82, 2.24) is 5.32 Å². The molecule has 0 saturated carbocycles. The number of carbonyl (C=O) groups excluding carboxylic acids is 1. The first-order valence-electron chi connectivity index (χ1n) is 11.5. The molecule has 0 bridgehead atoms. The Labute approximate surface area is 195 Å². The van der Waals surface area contributed by atoms with E-state index in [9.17, 15) is 19.5 Å². The predicted octanol–water partition coefficient (Wildman–Crippen LogP) is 4.60. The molecule has 0 fully saturated rings. The van der Waals surface area contributed by atoms with Gasteiger partial charge in [-0.05, 0) is 49.8 Å². The maximum atomic E-state index is 12.7. The van der Waals surface area contributed by atoms with Gasteiger partial charge in [-0.15, -0.1) is 0 Å². The van der Waals surface area contributed by atoms with Gasteiger partial charge in [0.1, 0.15) is 16.9 Å². The quantitative estimate of drug-likeness (QED) is 0.408. The van der Waals surface area contributed by atoms with Crippen molar-refractivity contribution in [1.29, 1.82) is 0 Å². The molecule has 0 radical (unpaired) electrons. The van der Waals surface area contributed by atoms with Crippen LogP contribution in [0.5, 0.6) is 0 Å². The summed E-state index contributed by atoms with van der Waals surface area (Å²) < 4.78 is 11.6. The molecule has 7 heteroatoms. The van der Waals surface area contributed by atoms with Gasteiger partial charge >= 0.3 is 11.6 Å². The van der Waals surface area contributed by atoms with Crippen molar-refractivity contribution in [2.45, 2.75) is 51.5 Å². The number of carboxylic acids is 1. The fraction of sp³-hybridized carbons (Fsp3) is 0.296. The normalized spacial score (nSPS) is 14.1. The zero-order valence-electron chi connectivity index (χ0n) is 18.8. The fourth-order valence-corrected chi connectivity index (χ4v) is 4.84. The van der Waals surface area contributed by atoms with Crippen LogP contribution in [0.15, 0.2) is 56.1 Å². The third kappa shape index (κ3) is 3.98. The second-order valence-electron chi connectivity index (χ2n) is 8.80. The summed E-state index contributed by atoms with van der Waals surface area (Å²) in [4.78, 5) is 37.0. The zero-order chi connectivity index (χ0) is 23.8. The van der Waals surface area contributed by atoms with E-state index in [0.717, 1.165) is 53.4 Å². The first kappa shape index (κ1) is 21.9. The van der Waals surface area contributed by atoms with Crippen LogP contribution in [0.3, 0.4) is 0 Å². The van der Waals surface area contributed by atoms with Crippen LogP contribution in [0.25, 0.3) is 21.9 Å². The number of carboxylic acid groups (broad SMARTS) is 1. The topological polar surface area (TPSA) is 110 Å². The Bertz CT molecular complexity index is 1460. The molecule has 2 aromatic heterocycles. The molecule has 0 saturated heterocycles. The minimum atomic E-state index is -1.15. The summed E-state index contributed by atoms with van der Waals surface area (Å²) in [5.41, 5.74) is 3.60. The standard InChI is InChI=1S/C27H25NO6/c1-15-17(11-12-24(29)28-25(26(30)31)16-7-3-2-4-8-16)27(32)34-22-14-23-20(13-19(15)22)18-9-5-6-10-21(18)33-23/h2-4,7-8,13-14,25H,5-6,9-12H2,1H3,(H,28,29)(H,30,31)/t25-/m0/s1. The first-order chi connectivity index (χ1) is 16.4. The summed E-state index contributed by atoms with van der Waals surface area (Å²) in [6.45, 7) is 1.86. The fourth-order valence-electron chi connectivity index (χ4n) is 4.84. The number of fused-ring (bicyclic) bond motifs is 4. The molecule has 1 atom stereocenters. The van der Waals surface area contributed by atoms with Crippen LogP contribution in [0.4, 0.5) is 0 Å². The van der Waals surface area contributed by atoms with Crippen molar-refractivity contribution in [2.75, 3.05) is 0 Å². The Morgan fingerprint density at radius 1 is 1.03 bits per heavy atom. The number of nitrogens with one attached hydrogen (secondary N) is 1. The van der Waals surface area contributed by atoms with E-state index in [1.54, 1.807) is 36.4 Å². The van der Waals surface area contributed by atoms with E-state index in [2.05, 4.69) is 5.32 Å². The lowest BCUT2D eigenvalue weighted by molar-refractivity contribution is -0.142. The number of furan rings is 1. The monoisotopic (exact) mass is 459 g/mol. The Hall–Kier alpha value is -3.87. The molecule has 1 aliphatic carbocycles. The highest BCUT2D eigenvalue weighted by Gasteiger charge is 2.23. The highest BCUT2D eigenvalue weighted by Crippen LogP contribution is 2.35. The molecule has 2 heterocycles. The van der Waals surface area contributed by atoms with E-state index in [4.69, 9.17) is 8.83 Å². The highest BCUT2D eigenvalue weighted by molar-refractivity contribution is 5.97. The minimum Gasteiger partial charge on any atom is -0.479 e. The molecule has 1 amide bonds. The van der Waals surface area contributed by atoms with Crippen molar-refractivity contribution < 1.29 is 23.5 Å². The number of carbonyl (C=O) groups is 2. The summed E-state index contributed by atoms with van der Waals surface area (Å²) >= 11 is 0. The van der Waals surface area contributed by atoms with E-state index in [0.29, 0.717) is 16.7 Å². The maximum absolute atomic E-state index is 12.7. The summed E-state index contributed by atoms with van der Waals surface area (Å²) in [6, 6.07) is 11.2. The van der Waals surface area contributed by atoms with Gasteiger partial charge < -0.3 is 19.3 Å². The SMILES string of the molecule is Cc1c(CCC(=O)N[C@H](C(=O)O)c2ccccc2)c(=O)oc2cc3oc4c(c3cc12)CCCC4. The molecule has 7 nitrogen and oxygen atoms in total. The van der Waals surface area contributed by atoms with Crippen LogP contribution in [0, 0.1) is 6.92 Å². The summed E-state index contributed by atoms with van der Waals surface area (Å²) in [6.07, 6.45) is 4.26.